The molecule has 0 radical (unpaired) electrons. The van der Waals surface area contributed by atoms with Crippen LogP contribution in [-0.4, -0.2) is 64.5 Å². The van der Waals surface area contributed by atoms with Crippen LogP contribution in [0.2, 0.25) is 0 Å². The fourth-order valence-electron chi connectivity index (χ4n) is 3.10. The summed E-state index contributed by atoms with van der Waals surface area (Å²) in [5, 5.41) is 3.84. The fourth-order valence-corrected chi connectivity index (χ4v) is 3.10. The molecule has 3 heterocycles. The highest BCUT2D eigenvalue weighted by molar-refractivity contribution is 5.52. The van der Waals surface area contributed by atoms with Gasteiger partial charge in [-0.05, 0) is 31.5 Å². The van der Waals surface area contributed by atoms with E-state index in [0.29, 0.717) is 6.54 Å². The number of rotatable bonds is 7. The van der Waals surface area contributed by atoms with Crippen LogP contribution in [0.1, 0.15) is 12.8 Å². The van der Waals surface area contributed by atoms with Gasteiger partial charge in [-0.2, -0.15) is 5.10 Å². The number of anilines is 1. The van der Waals surface area contributed by atoms with E-state index in [-0.39, 0.29) is 0 Å². The molecule has 140 valence electrons. The van der Waals surface area contributed by atoms with Crippen molar-refractivity contribution in [1.82, 2.24) is 24.6 Å². The molecule has 0 spiro atoms. The van der Waals surface area contributed by atoms with Gasteiger partial charge in [0.2, 0.25) is 0 Å². The number of methoxy groups -OCH3 is 1. The Morgan fingerprint density at radius 2 is 1.92 bits per heavy atom. The second-order valence-corrected chi connectivity index (χ2v) is 6.23. The van der Waals surface area contributed by atoms with Gasteiger partial charge < -0.3 is 9.64 Å². The van der Waals surface area contributed by atoms with Gasteiger partial charge in [0, 0.05) is 38.9 Å². The summed E-state index contributed by atoms with van der Waals surface area (Å²) < 4.78 is 6.69. The van der Waals surface area contributed by atoms with Gasteiger partial charge in [0.15, 0.2) is 11.6 Å². The predicted octanol–water partition coefficient (Wildman–Crippen LogP) is -0.0624. The number of aryl methyl sites for hydroxylation is 1. The smallest absolute Gasteiger partial charge is 0.344 e. The van der Waals surface area contributed by atoms with Crippen molar-refractivity contribution in [2.45, 2.75) is 19.4 Å². The van der Waals surface area contributed by atoms with Gasteiger partial charge in [-0.15, -0.1) is 0 Å². The molecule has 2 aromatic heterocycles. The normalized spacial score (nSPS) is 15.2. The molecule has 3 rings (SSSR count). The quantitative estimate of drug-likeness (QED) is 0.691. The van der Waals surface area contributed by atoms with E-state index >= 15 is 0 Å². The summed E-state index contributed by atoms with van der Waals surface area (Å²) in [4.78, 5) is 33.9. The van der Waals surface area contributed by atoms with Crippen molar-refractivity contribution in [3.63, 3.8) is 0 Å². The Morgan fingerprint density at radius 3 is 2.65 bits per heavy atom. The van der Waals surface area contributed by atoms with Gasteiger partial charge in [0.05, 0.1) is 7.11 Å². The lowest BCUT2D eigenvalue weighted by Gasteiger charge is -2.35. The SMILES string of the molecule is COc1cccnc1N1CCN(CCCCn2ncc(=O)[nH]c2=O)CC1. The second-order valence-electron chi connectivity index (χ2n) is 6.23. The van der Waals surface area contributed by atoms with E-state index in [0.717, 1.165) is 63.3 Å². The minimum absolute atomic E-state index is 0.449. The molecule has 9 heteroatoms. The fraction of sp³-hybridized carbons (Fsp3) is 0.529. The first-order valence-corrected chi connectivity index (χ1v) is 8.80. The summed E-state index contributed by atoms with van der Waals surface area (Å²) in [6.45, 7) is 5.25. The van der Waals surface area contributed by atoms with Gasteiger partial charge in [0.1, 0.15) is 6.20 Å². The van der Waals surface area contributed by atoms with Crippen LogP contribution in [0.25, 0.3) is 0 Å². The average molecular weight is 360 g/mol. The van der Waals surface area contributed by atoms with E-state index in [9.17, 15) is 9.59 Å². The minimum Gasteiger partial charge on any atom is -0.493 e. The van der Waals surface area contributed by atoms with Crippen molar-refractivity contribution in [3.8, 4) is 5.75 Å². The molecule has 1 saturated heterocycles. The van der Waals surface area contributed by atoms with Crippen molar-refractivity contribution in [3.05, 3.63) is 45.4 Å². The van der Waals surface area contributed by atoms with Crippen LogP contribution in [0.4, 0.5) is 5.82 Å². The molecule has 0 bridgehead atoms. The number of hydrogen-bond acceptors (Lipinski definition) is 7. The Morgan fingerprint density at radius 1 is 1.15 bits per heavy atom. The van der Waals surface area contributed by atoms with Gasteiger partial charge in [-0.1, -0.05) is 0 Å². The maximum absolute atomic E-state index is 11.6. The number of nitrogens with one attached hydrogen (secondary N) is 1. The third kappa shape index (κ3) is 4.48. The topological polar surface area (TPSA) is 96.3 Å². The number of hydrogen-bond donors (Lipinski definition) is 1. The number of unbranched alkanes of at least 4 members (excludes halogenated alkanes) is 1. The molecule has 1 aliphatic heterocycles. The molecule has 0 aromatic carbocycles. The van der Waals surface area contributed by atoms with Crippen LogP contribution in [0.3, 0.4) is 0 Å². The third-order valence-electron chi connectivity index (χ3n) is 4.52. The van der Waals surface area contributed by atoms with Crippen LogP contribution in [0.5, 0.6) is 5.75 Å². The van der Waals surface area contributed by atoms with Crippen LogP contribution in [-0.2, 0) is 6.54 Å². The summed E-state index contributed by atoms with van der Waals surface area (Å²) in [5.41, 5.74) is -0.913. The maximum Gasteiger partial charge on any atom is 0.344 e. The highest BCUT2D eigenvalue weighted by atomic mass is 16.5. The summed E-state index contributed by atoms with van der Waals surface area (Å²) in [6.07, 6.45) is 4.73. The molecule has 1 N–H and O–H groups in total. The maximum atomic E-state index is 11.6. The largest absolute Gasteiger partial charge is 0.493 e. The molecule has 0 amide bonds. The van der Waals surface area contributed by atoms with E-state index in [4.69, 9.17) is 4.74 Å². The number of nitrogens with zero attached hydrogens (tertiary/aromatic N) is 5. The monoisotopic (exact) mass is 360 g/mol. The number of H-pyrrole nitrogens is 1. The Bertz CT molecular complexity index is 825. The average Bonchev–Trinajstić information content (AvgIpc) is 2.67. The summed E-state index contributed by atoms with van der Waals surface area (Å²) >= 11 is 0. The molecule has 1 aliphatic rings. The van der Waals surface area contributed by atoms with E-state index in [2.05, 4.69) is 24.9 Å². The van der Waals surface area contributed by atoms with Crippen molar-refractivity contribution in [1.29, 1.82) is 0 Å². The first kappa shape index (κ1) is 18.1. The highest BCUT2D eigenvalue weighted by Crippen LogP contribution is 2.25. The van der Waals surface area contributed by atoms with E-state index in [1.165, 1.54) is 4.68 Å². The van der Waals surface area contributed by atoms with Crippen molar-refractivity contribution >= 4 is 5.82 Å². The number of piperazine rings is 1. The second kappa shape index (κ2) is 8.61. The molecule has 9 nitrogen and oxygen atoms in total. The molecule has 0 saturated carbocycles. The van der Waals surface area contributed by atoms with E-state index < -0.39 is 11.2 Å². The zero-order valence-corrected chi connectivity index (χ0v) is 14.9. The molecule has 1 fully saturated rings. The standard InChI is InChI=1S/C17H24N6O3/c1-26-14-5-4-6-18-16(14)22-11-9-21(10-12-22)7-2-3-8-23-17(25)20-15(24)13-19-23/h4-6,13H,2-3,7-12H2,1H3,(H,20,24,25). The zero-order valence-electron chi connectivity index (χ0n) is 14.9. The van der Waals surface area contributed by atoms with Gasteiger partial charge >= 0.3 is 5.69 Å². The number of aromatic nitrogens is 4. The van der Waals surface area contributed by atoms with Crippen molar-refractivity contribution in [2.24, 2.45) is 0 Å². The molecule has 0 unspecified atom stereocenters. The minimum atomic E-state index is -0.464. The van der Waals surface area contributed by atoms with Crippen molar-refractivity contribution < 1.29 is 4.74 Å². The third-order valence-corrected chi connectivity index (χ3v) is 4.52. The first-order valence-electron chi connectivity index (χ1n) is 8.80. The van der Waals surface area contributed by atoms with Crippen LogP contribution < -0.4 is 20.9 Å². The number of pyridine rings is 1. The molecule has 0 aliphatic carbocycles. The van der Waals surface area contributed by atoms with Crippen LogP contribution in [0.15, 0.2) is 34.1 Å². The lowest BCUT2D eigenvalue weighted by molar-refractivity contribution is 0.249. The molecule has 26 heavy (non-hydrogen) atoms. The number of aromatic amines is 1. The zero-order chi connectivity index (χ0) is 18.4. The lowest BCUT2D eigenvalue weighted by atomic mass is 10.2. The molecular formula is C17H24N6O3. The van der Waals surface area contributed by atoms with Crippen molar-refractivity contribution in [2.75, 3.05) is 44.7 Å². The molecule has 0 atom stereocenters. The molecule has 2 aromatic rings. The first-order chi connectivity index (χ1) is 12.7. The Labute approximate surface area is 151 Å². The van der Waals surface area contributed by atoms with E-state index in [1.54, 1.807) is 13.3 Å². The van der Waals surface area contributed by atoms with Gasteiger partial charge in [-0.25, -0.2) is 14.5 Å². The van der Waals surface area contributed by atoms with Crippen LogP contribution in [0, 0.1) is 0 Å². The Kier molecular flexibility index (Phi) is 6.00. The van der Waals surface area contributed by atoms with Gasteiger partial charge in [-0.3, -0.25) is 14.7 Å². The van der Waals surface area contributed by atoms with Crippen LogP contribution >= 0.6 is 0 Å². The predicted molar refractivity (Wildman–Crippen MR) is 97.8 cm³/mol. The highest BCUT2D eigenvalue weighted by Gasteiger charge is 2.20. The Hall–Kier alpha value is -2.68. The van der Waals surface area contributed by atoms with E-state index in [1.807, 2.05) is 12.1 Å². The number of ether oxygens (including phenoxy) is 1. The summed E-state index contributed by atoms with van der Waals surface area (Å²) in [6, 6.07) is 3.81. The van der Waals surface area contributed by atoms with Gasteiger partial charge in [0.25, 0.3) is 5.56 Å². The summed E-state index contributed by atoms with van der Waals surface area (Å²) in [5.74, 6) is 1.71. The summed E-state index contributed by atoms with van der Waals surface area (Å²) in [7, 11) is 1.67. The molecular weight excluding hydrogens is 336 g/mol. The lowest BCUT2D eigenvalue weighted by Crippen LogP contribution is -2.47. The Balaban J connectivity index is 1.42.